The summed E-state index contributed by atoms with van der Waals surface area (Å²) in [5.74, 6) is 1.86. The number of hydrogen-bond acceptors (Lipinski definition) is 6. The summed E-state index contributed by atoms with van der Waals surface area (Å²) in [5.41, 5.74) is 1.84. The van der Waals surface area contributed by atoms with Gasteiger partial charge in [-0.05, 0) is 47.2 Å². The Balaban J connectivity index is 1.69. The third kappa shape index (κ3) is 5.62. The molecule has 1 N–H and O–H groups in total. The van der Waals surface area contributed by atoms with Crippen molar-refractivity contribution in [2.75, 3.05) is 11.9 Å². The molecule has 0 bridgehead atoms. The van der Waals surface area contributed by atoms with Crippen molar-refractivity contribution in [2.24, 2.45) is 0 Å². The highest BCUT2D eigenvalue weighted by Crippen LogP contribution is 2.30. The van der Waals surface area contributed by atoms with E-state index in [0.717, 1.165) is 11.1 Å². The van der Waals surface area contributed by atoms with Crippen LogP contribution in [0.15, 0.2) is 49.1 Å². The number of halogens is 2. The van der Waals surface area contributed by atoms with E-state index in [9.17, 15) is 0 Å². The van der Waals surface area contributed by atoms with Gasteiger partial charge in [-0.2, -0.15) is 0 Å². The first kappa shape index (κ1) is 21.0. The van der Waals surface area contributed by atoms with Crippen LogP contribution in [0.3, 0.4) is 0 Å². The van der Waals surface area contributed by atoms with Gasteiger partial charge in [0.25, 0.3) is 0 Å². The number of anilines is 1. The number of hydrogen-bond donors (Lipinski definition) is 1. The van der Waals surface area contributed by atoms with Gasteiger partial charge >= 0.3 is 0 Å². The molecule has 0 atom stereocenters. The van der Waals surface area contributed by atoms with Crippen molar-refractivity contribution >= 4 is 29.2 Å². The molecule has 0 unspecified atom stereocenters. The number of aromatic nitrogens is 4. The number of nitrogens with zero attached hydrogens (tertiary/aromatic N) is 4. The van der Waals surface area contributed by atoms with Crippen LogP contribution in [-0.4, -0.2) is 26.8 Å². The van der Waals surface area contributed by atoms with E-state index in [-0.39, 0.29) is 0 Å². The van der Waals surface area contributed by atoms with Crippen molar-refractivity contribution in [1.82, 2.24) is 20.2 Å². The van der Waals surface area contributed by atoms with Crippen LogP contribution in [0.1, 0.15) is 18.1 Å². The largest absolute Gasteiger partial charge is 0.490 e. The molecule has 0 radical (unpaired) electrons. The highest BCUT2D eigenvalue weighted by Gasteiger charge is 2.10. The average Bonchev–Trinajstić information content (AvgIpc) is 3.14. The Morgan fingerprint density at radius 1 is 1.14 bits per heavy atom. The minimum Gasteiger partial charge on any atom is -0.490 e. The molecule has 0 amide bonds. The van der Waals surface area contributed by atoms with Crippen LogP contribution in [0.2, 0.25) is 10.0 Å². The predicted molar refractivity (Wildman–Crippen MR) is 114 cm³/mol. The maximum absolute atomic E-state index is 6.22. The van der Waals surface area contributed by atoms with Gasteiger partial charge in [0.05, 0.1) is 13.2 Å². The molecule has 0 aliphatic carbocycles. The fourth-order valence-corrected chi connectivity index (χ4v) is 3.06. The van der Waals surface area contributed by atoms with Gasteiger partial charge in [-0.25, -0.2) is 4.68 Å². The first-order valence-corrected chi connectivity index (χ1v) is 9.79. The summed E-state index contributed by atoms with van der Waals surface area (Å²) in [7, 11) is 0. The van der Waals surface area contributed by atoms with Crippen LogP contribution in [0.25, 0.3) is 0 Å². The zero-order chi connectivity index (χ0) is 20.6. The molecule has 0 aliphatic heterocycles. The van der Waals surface area contributed by atoms with Gasteiger partial charge in [0, 0.05) is 22.2 Å². The molecule has 0 saturated carbocycles. The fourth-order valence-electron chi connectivity index (χ4n) is 2.60. The first-order chi connectivity index (χ1) is 14.1. The van der Waals surface area contributed by atoms with Crippen molar-refractivity contribution in [3.63, 3.8) is 0 Å². The summed E-state index contributed by atoms with van der Waals surface area (Å²) < 4.78 is 13.3. The maximum Gasteiger partial charge on any atom is 0.243 e. The highest BCUT2D eigenvalue weighted by molar-refractivity contribution is 6.35. The molecule has 9 heteroatoms. The second kappa shape index (κ2) is 10.1. The average molecular weight is 434 g/mol. The number of tetrazole rings is 1. The molecule has 0 saturated heterocycles. The summed E-state index contributed by atoms with van der Waals surface area (Å²) in [5, 5.41) is 15.9. The molecule has 3 aromatic rings. The molecule has 29 heavy (non-hydrogen) atoms. The van der Waals surface area contributed by atoms with Crippen LogP contribution in [0, 0.1) is 0 Å². The molecule has 152 valence electrons. The third-order valence-corrected chi connectivity index (χ3v) is 4.58. The van der Waals surface area contributed by atoms with Crippen LogP contribution < -0.4 is 14.8 Å². The Morgan fingerprint density at radius 3 is 2.76 bits per heavy atom. The normalized spacial score (nSPS) is 10.6. The van der Waals surface area contributed by atoms with Crippen molar-refractivity contribution in [2.45, 2.75) is 26.6 Å². The zero-order valence-corrected chi connectivity index (χ0v) is 17.5. The minimum atomic E-state index is 0.310. The Labute approximate surface area is 179 Å². The second-order valence-electron chi connectivity index (χ2n) is 6.07. The SMILES string of the molecule is C=CCn1nnnc1NCc1ccc(OCc2ccc(Cl)cc2Cl)c(OCC)c1. The van der Waals surface area contributed by atoms with Gasteiger partial charge in [-0.15, -0.1) is 6.58 Å². The minimum absolute atomic E-state index is 0.310. The smallest absolute Gasteiger partial charge is 0.243 e. The lowest BCUT2D eigenvalue weighted by Crippen LogP contribution is -2.08. The standard InChI is InChI=1S/C20H21Cl2N5O2/c1-3-9-27-20(24-25-26-27)23-12-14-5-8-18(19(10-14)28-4-2)29-13-15-6-7-16(21)11-17(15)22/h3,5-8,10-11H,1,4,9,12-13H2,2H3,(H,23,24,26). The Morgan fingerprint density at radius 2 is 2.00 bits per heavy atom. The Bertz CT molecular complexity index is 977. The second-order valence-corrected chi connectivity index (χ2v) is 6.91. The summed E-state index contributed by atoms with van der Waals surface area (Å²) >= 11 is 12.2. The molecule has 7 nitrogen and oxygen atoms in total. The molecular weight excluding hydrogens is 413 g/mol. The van der Waals surface area contributed by atoms with Gasteiger partial charge in [-0.1, -0.05) is 46.5 Å². The maximum atomic E-state index is 6.22. The fraction of sp³-hybridized carbons (Fsp3) is 0.250. The van der Waals surface area contributed by atoms with E-state index < -0.39 is 0 Å². The quantitative estimate of drug-likeness (QED) is 0.464. The first-order valence-electron chi connectivity index (χ1n) is 9.04. The van der Waals surface area contributed by atoms with Gasteiger partial charge in [-0.3, -0.25) is 0 Å². The number of ether oxygens (including phenoxy) is 2. The Hall–Kier alpha value is -2.77. The predicted octanol–water partition coefficient (Wildman–Crippen LogP) is 4.76. The van der Waals surface area contributed by atoms with Crippen molar-refractivity contribution in [1.29, 1.82) is 0 Å². The molecule has 0 spiro atoms. The van der Waals surface area contributed by atoms with E-state index in [1.165, 1.54) is 0 Å². The molecule has 2 aromatic carbocycles. The van der Waals surface area contributed by atoms with E-state index in [1.807, 2.05) is 31.2 Å². The molecular formula is C20H21Cl2N5O2. The number of rotatable bonds is 10. The highest BCUT2D eigenvalue weighted by atomic mass is 35.5. The van der Waals surface area contributed by atoms with E-state index in [2.05, 4.69) is 27.4 Å². The Kier molecular flexibility index (Phi) is 7.32. The lowest BCUT2D eigenvalue weighted by Gasteiger charge is -2.14. The van der Waals surface area contributed by atoms with Crippen molar-refractivity contribution in [3.05, 3.63) is 70.2 Å². The van der Waals surface area contributed by atoms with Gasteiger partial charge in [0.1, 0.15) is 6.61 Å². The third-order valence-electron chi connectivity index (χ3n) is 3.99. The number of benzene rings is 2. The molecule has 0 aliphatic rings. The van der Waals surface area contributed by atoms with Gasteiger partial charge in [0.2, 0.25) is 5.95 Å². The molecule has 1 heterocycles. The summed E-state index contributed by atoms with van der Waals surface area (Å²) in [6.07, 6.45) is 1.73. The summed E-state index contributed by atoms with van der Waals surface area (Å²) in [4.78, 5) is 0. The van der Waals surface area contributed by atoms with E-state index in [1.54, 1.807) is 22.9 Å². The van der Waals surface area contributed by atoms with Crippen molar-refractivity contribution < 1.29 is 9.47 Å². The van der Waals surface area contributed by atoms with Crippen LogP contribution in [0.4, 0.5) is 5.95 Å². The molecule has 3 rings (SSSR count). The molecule has 0 fully saturated rings. The number of nitrogens with one attached hydrogen (secondary N) is 1. The summed E-state index contributed by atoms with van der Waals surface area (Å²) in [6, 6.07) is 11.1. The van der Waals surface area contributed by atoms with E-state index in [4.69, 9.17) is 32.7 Å². The van der Waals surface area contributed by atoms with Crippen molar-refractivity contribution in [3.8, 4) is 11.5 Å². The van der Waals surface area contributed by atoms with Gasteiger partial charge in [0.15, 0.2) is 11.5 Å². The molecule has 1 aromatic heterocycles. The van der Waals surface area contributed by atoms with Crippen LogP contribution >= 0.6 is 23.2 Å². The monoisotopic (exact) mass is 433 g/mol. The summed E-state index contributed by atoms with van der Waals surface area (Å²) in [6.45, 7) is 7.51. The number of allylic oxidation sites excluding steroid dienone is 1. The zero-order valence-electron chi connectivity index (χ0n) is 15.9. The van der Waals surface area contributed by atoms with Crippen LogP contribution in [-0.2, 0) is 19.7 Å². The lowest BCUT2D eigenvalue weighted by atomic mass is 10.2. The van der Waals surface area contributed by atoms with Crippen LogP contribution in [0.5, 0.6) is 11.5 Å². The van der Waals surface area contributed by atoms with Gasteiger partial charge < -0.3 is 14.8 Å². The topological polar surface area (TPSA) is 74.1 Å². The lowest BCUT2D eigenvalue weighted by molar-refractivity contribution is 0.269. The van der Waals surface area contributed by atoms with E-state index >= 15 is 0 Å². The van der Waals surface area contributed by atoms with E-state index in [0.29, 0.717) is 53.8 Å².